The molecular weight excluding hydrogens is 164 g/mol. The number of nitrogens with one attached hydrogen (secondary N) is 1. The Kier molecular flexibility index (Phi) is 3.71. The van der Waals surface area contributed by atoms with Gasteiger partial charge in [-0.05, 0) is 18.4 Å². The monoisotopic (exact) mass is 186 g/mol. The van der Waals surface area contributed by atoms with E-state index in [0.717, 1.165) is 19.6 Å². The molecule has 78 valence electrons. The molecule has 3 heteroatoms. The number of nitrogens with zero attached hydrogens (tertiary/aromatic N) is 1. The van der Waals surface area contributed by atoms with E-state index in [1.807, 2.05) is 0 Å². The third kappa shape index (κ3) is 3.63. The summed E-state index contributed by atoms with van der Waals surface area (Å²) >= 11 is 0. The van der Waals surface area contributed by atoms with Crippen LogP contribution < -0.4 is 5.32 Å². The van der Waals surface area contributed by atoms with Crippen molar-refractivity contribution in [1.29, 1.82) is 0 Å². The van der Waals surface area contributed by atoms with Crippen LogP contribution in [0.5, 0.6) is 0 Å². The second-order valence-electron chi connectivity index (χ2n) is 4.97. The summed E-state index contributed by atoms with van der Waals surface area (Å²) in [4.78, 5) is 5.40. The molecule has 0 amide bonds. The van der Waals surface area contributed by atoms with Gasteiger partial charge in [0.2, 0.25) is 0 Å². The number of hydroxylamine groups is 2. The first-order valence-electron chi connectivity index (χ1n) is 5.04. The zero-order valence-electron chi connectivity index (χ0n) is 9.26. The highest BCUT2D eigenvalue weighted by Gasteiger charge is 2.26. The van der Waals surface area contributed by atoms with Gasteiger partial charge in [-0.2, -0.15) is 5.06 Å². The minimum atomic E-state index is 0.304. The second kappa shape index (κ2) is 4.40. The van der Waals surface area contributed by atoms with Gasteiger partial charge in [-0.15, -0.1) is 0 Å². The molecule has 0 aliphatic carbocycles. The molecule has 1 rings (SSSR count). The van der Waals surface area contributed by atoms with E-state index in [4.69, 9.17) is 4.84 Å². The predicted octanol–water partition coefficient (Wildman–Crippen LogP) is 1.26. The van der Waals surface area contributed by atoms with E-state index in [0.29, 0.717) is 11.5 Å². The van der Waals surface area contributed by atoms with Gasteiger partial charge in [0.25, 0.3) is 0 Å². The van der Waals surface area contributed by atoms with Gasteiger partial charge in [-0.3, -0.25) is 0 Å². The molecule has 0 saturated carbocycles. The van der Waals surface area contributed by atoms with Gasteiger partial charge >= 0.3 is 0 Å². The summed E-state index contributed by atoms with van der Waals surface area (Å²) in [6, 6.07) is 0.559. The van der Waals surface area contributed by atoms with Crippen LogP contribution in [0.25, 0.3) is 0 Å². The molecule has 3 nitrogen and oxygen atoms in total. The van der Waals surface area contributed by atoms with E-state index < -0.39 is 0 Å². The van der Waals surface area contributed by atoms with Crippen molar-refractivity contribution in [2.24, 2.45) is 5.41 Å². The van der Waals surface area contributed by atoms with Gasteiger partial charge < -0.3 is 10.2 Å². The first kappa shape index (κ1) is 11.0. The molecule has 1 saturated heterocycles. The van der Waals surface area contributed by atoms with Gasteiger partial charge in [0, 0.05) is 19.1 Å². The van der Waals surface area contributed by atoms with Crippen molar-refractivity contribution in [3.63, 3.8) is 0 Å². The molecule has 1 N–H and O–H groups in total. The molecule has 1 atom stereocenters. The fourth-order valence-corrected chi connectivity index (χ4v) is 1.70. The van der Waals surface area contributed by atoms with Gasteiger partial charge in [-0.25, -0.2) is 0 Å². The largest absolute Gasteiger partial charge is 0.315 e. The maximum Gasteiger partial charge on any atom is 0.0575 e. The van der Waals surface area contributed by atoms with Crippen molar-refractivity contribution in [3.05, 3.63) is 0 Å². The topological polar surface area (TPSA) is 24.5 Å². The van der Waals surface area contributed by atoms with E-state index in [9.17, 15) is 0 Å². The van der Waals surface area contributed by atoms with Gasteiger partial charge in [-0.1, -0.05) is 20.8 Å². The summed E-state index contributed by atoms with van der Waals surface area (Å²) in [6.45, 7) is 9.89. The maximum atomic E-state index is 5.40. The Hall–Kier alpha value is -0.120. The smallest absolute Gasteiger partial charge is 0.0575 e. The zero-order chi connectivity index (χ0) is 9.90. The summed E-state index contributed by atoms with van der Waals surface area (Å²) in [6.07, 6.45) is 1.20. The Bertz CT molecular complexity index is 147. The van der Waals surface area contributed by atoms with E-state index in [2.05, 4.69) is 31.2 Å². The Labute approximate surface area is 81.4 Å². The first-order chi connectivity index (χ1) is 6.03. The maximum absolute atomic E-state index is 5.40. The van der Waals surface area contributed by atoms with Crippen molar-refractivity contribution in [1.82, 2.24) is 10.4 Å². The average Bonchev–Trinajstić information content (AvgIpc) is 2.50. The zero-order valence-corrected chi connectivity index (χ0v) is 9.26. The molecule has 0 radical (unpaired) electrons. The van der Waals surface area contributed by atoms with Crippen LogP contribution in [-0.4, -0.2) is 37.8 Å². The average molecular weight is 186 g/mol. The number of rotatable bonds is 3. The Morgan fingerprint density at radius 2 is 2.15 bits per heavy atom. The molecule has 1 aliphatic heterocycles. The van der Waals surface area contributed by atoms with Crippen LogP contribution in [0.2, 0.25) is 0 Å². The number of hydrogen-bond donors (Lipinski definition) is 1. The molecule has 1 fully saturated rings. The Morgan fingerprint density at radius 1 is 1.46 bits per heavy atom. The van der Waals surface area contributed by atoms with Crippen molar-refractivity contribution in [2.75, 3.05) is 26.7 Å². The van der Waals surface area contributed by atoms with Crippen LogP contribution >= 0.6 is 0 Å². The standard InChI is InChI=1S/C10H22N2O/c1-10(2,3)8-12(13-4)9-5-6-11-7-9/h9,11H,5-8H2,1-4H3. The molecule has 1 unspecified atom stereocenters. The Morgan fingerprint density at radius 3 is 2.54 bits per heavy atom. The van der Waals surface area contributed by atoms with Crippen LogP contribution in [0.4, 0.5) is 0 Å². The van der Waals surface area contributed by atoms with Crippen LogP contribution in [0.15, 0.2) is 0 Å². The SMILES string of the molecule is CON(CC(C)(C)C)C1CCNC1. The highest BCUT2D eigenvalue weighted by atomic mass is 16.7. The van der Waals surface area contributed by atoms with E-state index in [-0.39, 0.29) is 0 Å². The van der Waals surface area contributed by atoms with Crippen molar-refractivity contribution >= 4 is 0 Å². The Balaban J connectivity index is 2.42. The lowest BCUT2D eigenvalue weighted by molar-refractivity contribution is -0.171. The lowest BCUT2D eigenvalue weighted by atomic mass is 9.96. The van der Waals surface area contributed by atoms with Crippen molar-refractivity contribution in [2.45, 2.75) is 33.2 Å². The van der Waals surface area contributed by atoms with E-state index >= 15 is 0 Å². The van der Waals surface area contributed by atoms with Crippen molar-refractivity contribution < 1.29 is 4.84 Å². The van der Waals surface area contributed by atoms with Gasteiger partial charge in [0.1, 0.15) is 0 Å². The highest BCUT2D eigenvalue weighted by Crippen LogP contribution is 2.19. The summed E-state index contributed by atoms with van der Waals surface area (Å²) in [5.41, 5.74) is 0.304. The number of hydrogen-bond acceptors (Lipinski definition) is 3. The molecule has 0 aromatic rings. The predicted molar refractivity (Wildman–Crippen MR) is 54.4 cm³/mol. The fraction of sp³-hybridized carbons (Fsp3) is 1.00. The molecule has 13 heavy (non-hydrogen) atoms. The minimum Gasteiger partial charge on any atom is -0.315 e. The van der Waals surface area contributed by atoms with Crippen LogP contribution in [-0.2, 0) is 4.84 Å². The highest BCUT2D eigenvalue weighted by molar-refractivity contribution is 4.79. The van der Waals surface area contributed by atoms with Crippen molar-refractivity contribution in [3.8, 4) is 0 Å². The molecule has 1 heterocycles. The lowest BCUT2D eigenvalue weighted by Crippen LogP contribution is -2.41. The fourth-order valence-electron chi connectivity index (χ4n) is 1.70. The minimum absolute atomic E-state index is 0.304. The normalized spacial score (nSPS) is 24.2. The third-order valence-corrected chi connectivity index (χ3v) is 2.31. The van der Waals surface area contributed by atoms with Crippen LogP contribution in [0, 0.1) is 5.41 Å². The first-order valence-corrected chi connectivity index (χ1v) is 5.04. The molecule has 0 aromatic heterocycles. The van der Waals surface area contributed by atoms with Crippen LogP contribution in [0.1, 0.15) is 27.2 Å². The quantitative estimate of drug-likeness (QED) is 0.672. The van der Waals surface area contributed by atoms with Crippen LogP contribution in [0.3, 0.4) is 0 Å². The third-order valence-electron chi connectivity index (χ3n) is 2.31. The van der Waals surface area contributed by atoms with E-state index in [1.54, 1.807) is 7.11 Å². The van der Waals surface area contributed by atoms with E-state index in [1.165, 1.54) is 6.42 Å². The second-order valence-corrected chi connectivity index (χ2v) is 4.97. The molecular formula is C10H22N2O. The summed E-state index contributed by atoms with van der Waals surface area (Å²) in [5, 5.41) is 5.46. The summed E-state index contributed by atoms with van der Waals surface area (Å²) in [5.74, 6) is 0. The van der Waals surface area contributed by atoms with Gasteiger partial charge in [0.05, 0.1) is 7.11 Å². The summed E-state index contributed by atoms with van der Waals surface area (Å²) < 4.78 is 0. The molecule has 0 aromatic carbocycles. The summed E-state index contributed by atoms with van der Waals surface area (Å²) in [7, 11) is 1.77. The lowest BCUT2D eigenvalue weighted by Gasteiger charge is -2.31. The molecule has 0 bridgehead atoms. The molecule has 0 spiro atoms. The van der Waals surface area contributed by atoms with Gasteiger partial charge in [0.15, 0.2) is 0 Å². The molecule has 1 aliphatic rings.